The third-order valence-corrected chi connectivity index (χ3v) is 3.15. The SMILES string of the molecule is COCCNC(=O)NC(=O)CN(C)Cc1ccc(Br)cc1. The van der Waals surface area contributed by atoms with E-state index in [1.807, 2.05) is 36.2 Å². The molecule has 0 aliphatic heterocycles. The molecular formula is C14H20BrN3O3. The third-order valence-electron chi connectivity index (χ3n) is 2.62. The minimum absolute atomic E-state index is 0.147. The third kappa shape index (κ3) is 7.79. The molecule has 7 heteroatoms. The fourth-order valence-corrected chi connectivity index (χ4v) is 1.94. The number of methoxy groups -OCH3 is 1. The van der Waals surface area contributed by atoms with Crippen molar-refractivity contribution in [2.24, 2.45) is 0 Å². The van der Waals surface area contributed by atoms with Crippen LogP contribution in [-0.2, 0) is 16.1 Å². The minimum Gasteiger partial charge on any atom is -0.383 e. The molecule has 21 heavy (non-hydrogen) atoms. The molecule has 2 N–H and O–H groups in total. The summed E-state index contributed by atoms with van der Waals surface area (Å²) in [5, 5.41) is 4.79. The number of urea groups is 1. The van der Waals surface area contributed by atoms with Crippen molar-refractivity contribution in [3.63, 3.8) is 0 Å². The number of nitrogens with zero attached hydrogens (tertiary/aromatic N) is 1. The van der Waals surface area contributed by atoms with Gasteiger partial charge >= 0.3 is 6.03 Å². The molecule has 1 rings (SSSR count). The maximum atomic E-state index is 11.7. The Balaban J connectivity index is 2.30. The van der Waals surface area contributed by atoms with Crippen molar-refractivity contribution >= 4 is 27.9 Å². The summed E-state index contributed by atoms with van der Waals surface area (Å²) in [6, 6.07) is 7.36. The van der Waals surface area contributed by atoms with E-state index in [1.54, 1.807) is 7.11 Å². The van der Waals surface area contributed by atoms with Crippen LogP contribution in [0.4, 0.5) is 4.79 Å². The molecule has 0 saturated heterocycles. The van der Waals surface area contributed by atoms with Gasteiger partial charge in [-0.1, -0.05) is 28.1 Å². The lowest BCUT2D eigenvalue weighted by Gasteiger charge is -2.16. The first kappa shape index (κ1) is 17.6. The molecular weight excluding hydrogens is 338 g/mol. The summed E-state index contributed by atoms with van der Waals surface area (Å²) in [6.07, 6.45) is 0. The topological polar surface area (TPSA) is 70.7 Å². The number of nitrogens with one attached hydrogen (secondary N) is 2. The molecule has 116 valence electrons. The number of carbonyl (C=O) groups is 2. The second-order valence-electron chi connectivity index (χ2n) is 4.60. The highest BCUT2D eigenvalue weighted by Crippen LogP contribution is 2.11. The molecule has 3 amide bonds. The fraction of sp³-hybridized carbons (Fsp3) is 0.429. The van der Waals surface area contributed by atoms with E-state index in [2.05, 4.69) is 26.6 Å². The molecule has 0 aromatic heterocycles. The molecule has 1 aromatic rings. The van der Waals surface area contributed by atoms with Crippen LogP contribution in [0.2, 0.25) is 0 Å². The van der Waals surface area contributed by atoms with Gasteiger partial charge in [0, 0.05) is 24.7 Å². The van der Waals surface area contributed by atoms with Crippen molar-refractivity contribution in [1.82, 2.24) is 15.5 Å². The largest absolute Gasteiger partial charge is 0.383 e. The monoisotopic (exact) mass is 357 g/mol. The summed E-state index contributed by atoms with van der Waals surface area (Å²) in [5.41, 5.74) is 1.10. The van der Waals surface area contributed by atoms with Crippen LogP contribution in [-0.4, -0.2) is 50.7 Å². The predicted molar refractivity (Wildman–Crippen MR) is 83.9 cm³/mol. The van der Waals surface area contributed by atoms with Gasteiger partial charge in [0.15, 0.2) is 0 Å². The Morgan fingerprint density at radius 2 is 1.95 bits per heavy atom. The van der Waals surface area contributed by atoms with Gasteiger partial charge < -0.3 is 10.1 Å². The lowest BCUT2D eigenvalue weighted by Crippen LogP contribution is -2.44. The number of imide groups is 1. The first-order valence-corrected chi connectivity index (χ1v) is 7.30. The number of hydrogen-bond acceptors (Lipinski definition) is 4. The lowest BCUT2D eigenvalue weighted by atomic mass is 10.2. The van der Waals surface area contributed by atoms with E-state index >= 15 is 0 Å². The summed E-state index contributed by atoms with van der Waals surface area (Å²) >= 11 is 3.37. The molecule has 1 aromatic carbocycles. The molecule has 0 unspecified atom stereocenters. The quantitative estimate of drug-likeness (QED) is 0.722. The van der Waals surface area contributed by atoms with Gasteiger partial charge in [-0.25, -0.2) is 4.79 Å². The van der Waals surface area contributed by atoms with Gasteiger partial charge in [-0.3, -0.25) is 15.0 Å². The van der Waals surface area contributed by atoms with Gasteiger partial charge in [0.2, 0.25) is 5.91 Å². The van der Waals surface area contributed by atoms with E-state index in [0.717, 1.165) is 10.0 Å². The van der Waals surface area contributed by atoms with E-state index in [4.69, 9.17) is 4.74 Å². The maximum absolute atomic E-state index is 11.7. The Hall–Kier alpha value is -1.44. The molecule has 0 atom stereocenters. The van der Waals surface area contributed by atoms with Gasteiger partial charge in [0.25, 0.3) is 0 Å². The van der Waals surface area contributed by atoms with Crippen LogP contribution in [0.5, 0.6) is 0 Å². The van der Waals surface area contributed by atoms with Gasteiger partial charge in [-0.05, 0) is 24.7 Å². The molecule has 0 spiro atoms. The van der Waals surface area contributed by atoms with Crippen LogP contribution in [0.3, 0.4) is 0 Å². The van der Waals surface area contributed by atoms with Crippen molar-refractivity contribution in [3.05, 3.63) is 34.3 Å². The van der Waals surface area contributed by atoms with Gasteiger partial charge in [0.1, 0.15) is 0 Å². The van der Waals surface area contributed by atoms with Gasteiger partial charge in [-0.15, -0.1) is 0 Å². The van der Waals surface area contributed by atoms with Gasteiger partial charge in [0.05, 0.1) is 13.2 Å². The number of ether oxygens (including phenoxy) is 1. The standard InChI is InChI=1S/C14H20BrN3O3/c1-18(9-11-3-5-12(15)6-4-11)10-13(19)17-14(20)16-7-8-21-2/h3-6H,7-10H2,1-2H3,(H2,16,17,19,20). The Bertz CT molecular complexity index is 465. The van der Waals surface area contributed by atoms with Gasteiger partial charge in [-0.2, -0.15) is 0 Å². The predicted octanol–water partition coefficient (Wildman–Crippen LogP) is 1.35. The fourth-order valence-electron chi connectivity index (χ4n) is 1.68. The van der Waals surface area contributed by atoms with E-state index in [1.165, 1.54) is 0 Å². The number of hydrogen-bond donors (Lipinski definition) is 2. The smallest absolute Gasteiger partial charge is 0.321 e. The Morgan fingerprint density at radius 1 is 1.29 bits per heavy atom. The zero-order chi connectivity index (χ0) is 15.7. The van der Waals surface area contributed by atoms with E-state index in [9.17, 15) is 9.59 Å². The normalized spacial score (nSPS) is 10.5. The second-order valence-corrected chi connectivity index (χ2v) is 5.51. The summed E-state index contributed by atoms with van der Waals surface area (Å²) in [6.45, 7) is 1.55. The van der Waals surface area contributed by atoms with E-state index in [-0.39, 0.29) is 12.5 Å². The van der Waals surface area contributed by atoms with E-state index in [0.29, 0.717) is 19.7 Å². The summed E-state index contributed by atoms with van der Waals surface area (Å²) in [5.74, 6) is -0.343. The zero-order valence-corrected chi connectivity index (χ0v) is 13.8. The molecule has 6 nitrogen and oxygen atoms in total. The molecule has 0 saturated carbocycles. The Morgan fingerprint density at radius 3 is 2.57 bits per heavy atom. The van der Waals surface area contributed by atoms with Crippen LogP contribution in [0.1, 0.15) is 5.56 Å². The van der Waals surface area contributed by atoms with Crippen molar-refractivity contribution in [2.75, 3.05) is 33.9 Å². The molecule has 0 bridgehead atoms. The van der Waals surface area contributed by atoms with Crippen LogP contribution >= 0.6 is 15.9 Å². The second kappa shape index (κ2) is 9.49. The van der Waals surface area contributed by atoms with Crippen LogP contribution in [0.15, 0.2) is 28.7 Å². The number of likely N-dealkylation sites (N-methyl/N-ethyl adjacent to an activating group) is 1. The number of benzene rings is 1. The highest BCUT2D eigenvalue weighted by Gasteiger charge is 2.10. The summed E-state index contributed by atoms with van der Waals surface area (Å²) in [7, 11) is 3.37. The van der Waals surface area contributed by atoms with Crippen molar-refractivity contribution < 1.29 is 14.3 Å². The Kier molecular flexibility index (Phi) is 7.96. The molecule has 0 fully saturated rings. The average Bonchev–Trinajstić information content (AvgIpc) is 2.41. The number of halogens is 1. The molecule has 0 aliphatic rings. The van der Waals surface area contributed by atoms with Crippen LogP contribution < -0.4 is 10.6 Å². The Labute approximate surface area is 133 Å². The zero-order valence-electron chi connectivity index (χ0n) is 12.2. The molecule has 0 radical (unpaired) electrons. The molecule has 0 aliphatic carbocycles. The maximum Gasteiger partial charge on any atom is 0.321 e. The minimum atomic E-state index is -0.505. The number of rotatable bonds is 7. The van der Waals surface area contributed by atoms with Crippen LogP contribution in [0, 0.1) is 0 Å². The van der Waals surface area contributed by atoms with Crippen molar-refractivity contribution in [3.8, 4) is 0 Å². The highest BCUT2D eigenvalue weighted by atomic mass is 79.9. The van der Waals surface area contributed by atoms with Crippen LogP contribution in [0.25, 0.3) is 0 Å². The van der Waals surface area contributed by atoms with Crippen molar-refractivity contribution in [2.45, 2.75) is 6.54 Å². The summed E-state index contributed by atoms with van der Waals surface area (Å²) < 4.78 is 5.81. The average molecular weight is 358 g/mol. The lowest BCUT2D eigenvalue weighted by molar-refractivity contribution is -0.120. The highest BCUT2D eigenvalue weighted by molar-refractivity contribution is 9.10. The number of carbonyl (C=O) groups excluding carboxylic acids is 2. The summed E-state index contributed by atoms with van der Waals surface area (Å²) in [4.78, 5) is 24.9. The number of amides is 3. The van der Waals surface area contributed by atoms with Crippen molar-refractivity contribution in [1.29, 1.82) is 0 Å². The first-order chi connectivity index (χ1) is 10.0. The first-order valence-electron chi connectivity index (χ1n) is 6.51. The van der Waals surface area contributed by atoms with E-state index < -0.39 is 6.03 Å². The molecule has 0 heterocycles.